The molecule has 3 heterocycles. The average Bonchev–Trinajstić information content (AvgIpc) is 3.14. The zero-order chi connectivity index (χ0) is 19.7. The molecule has 28 heavy (non-hydrogen) atoms. The third-order valence-corrected chi connectivity index (χ3v) is 5.25. The van der Waals surface area contributed by atoms with Gasteiger partial charge in [-0.2, -0.15) is 0 Å². The lowest BCUT2D eigenvalue weighted by Gasteiger charge is -2.33. The van der Waals surface area contributed by atoms with Crippen LogP contribution in [-0.2, 0) is 0 Å². The van der Waals surface area contributed by atoms with Crippen molar-refractivity contribution in [3.63, 3.8) is 0 Å². The van der Waals surface area contributed by atoms with Gasteiger partial charge in [0.1, 0.15) is 5.69 Å². The molecule has 1 aromatic carbocycles. The van der Waals surface area contributed by atoms with Crippen LogP contribution in [0.3, 0.4) is 0 Å². The number of carbonyl (C=O) groups is 2. The number of likely N-dealkylation sites (tertiary alicyclic amines) is 1. The molecule has 2 amide bonds. The van der Waals surface area contributed by atoms with Crippen LogP contribution in [0.25, 0.3) is 5.78 Å². The molecule has 4 rings (SSSR count). The summed E-state index contributed by atoms with van der Waals surface area (Å²) < 4.78 is 1.70. The van der Waals surface area contributed by atoms with Crippen molar-refractivity contribution in [3.05, 3.63) is 59.7 Å². The topological polar surface area (TPSA) is 79.6 Å². The summed E-state index contributed by atoms with van der Waals surface area (Å²) in [6.45, 7) is 4.79. The van der Waals surface area contributed by atoms with Crippen LogP contribution in [-0.4, -0.2) is 43.7 Å². The summed E-state index contributed by atoms with van der Waals surface area (Å²) in [6.07, 6.45) is 8.34. The number of amides is 2. The zero-order valence-corrected chi connectivity index (χ0v) is 16.1. The van der Waals surface area contributed by atoms with Crippen molar-refractivity contribution in [1.29, 1.82) is 0 Å². The Balaban J connectivity index is 1.51. The molecule has 3 aromatic rings. The van der Waals surface area contributed by atoms with Gasteiger partial charge in [0, 0.05) is 42.4 Å². The van der Waals surface area contributed by atoms with E-state index in [-0.39, 0.29) is 17.9 Å². The third-order valence-electron chi connectivity index (χ3n) is 5.25. The van der Waals surface area contributed by atoms with Crippen LogP contribution in [0.1, 0.15) is 52.6 Å². The molecule has 1 aliphatic heterocycles. The Morgan fingerprint density at radius 2 is 2.11 bits per heavy atom. The van der Waals surface area contributed by atoms with Crippen molar-refractivity contribution in [2.24, 2.45) is 0 Å². The van der Waals surface area contributed by atoms with Crippen LogP contribution in [0.4, 0.5) is 5.69 Å². The summed E-state index contributed by atoms with van der Waals surface area (Å²) in [5.74, 6) is 0.220. The van der Waals surface area contributed by atoms with Crippen LogP contribution in [0, 0.1) is 6.92 Å². The van der Waals surface area contributed by atoms with E-state index in [4.69, 9.17) is 0 Å². The van der Waals surface area contributed by atoms with Gasteiger partial charge in [0.25, 0.3) is 11.8 Å². The van der Waals surface area contributed by atoms with Gasteiger partial charge >= 0.3 is 0 Å². The van der Waals surface area contributed by atoms with E-state index in [0.717, 1.165) is 24.9 Å². The second-order valence-corrected chi connectivity index (χ2v) is 7.28. The van der Waals surface area contributed by atoms with Crippen molar-refractivity contribution in [3.8, 4) is 0 Å². The van der Waals surface area contributed by atoms with Gasteiger partial charge in [0.15, 0.2) is 0 Å². The van der Waals surface area contributed by atoms with Gasteiger partial charge in [-0.25, -0.2) is 9.97 Å². The number of imidazole rings is 1. The summed E-state index contributed by atoms with van der Waals surface area (Å²) in [7, 11) is 0. The molecule has 144 valence electrons. The molecule has 0 bridgehead atoms. The maximum atomic E-state index is 12.8. The van der Waals surface area contributed by atoms with Gasteiger partial charge in [-0.3, -0.25) is 14.0 Å². The lowest BCUT2D eigenvalue weighted by Crippen LogP contribution is -2.42. The number of hydrogen-bond acceptors (Lipinski definition) is 4. The number of fused-ring (bicyclic) bond motifs is 1. The predicted octanol–water partition coefficient (Wildman–Crippen LogP) is 3.30. The second kappa shape index (κ2) is 7.42. The normalized spacial score (nSPS) is 16.9. The van der Waals surface area contributed by atoms with Crippen LogP contribution in [0.5, 0.6) is 0 Å². The van der Waals surface area contributed by atoms with Gasteiger partial charge in [0.05, 0.1) is 0 Å². The van der Waals surface area contributed by atoms with E-state index in [2.05, 4.69) is 22.2 Å². The maximum Gasteiger partial charge on any atom is 0.275 e. The molecule has 0 saturated carbocycles. The molecule has 0 spiro atoms. The number of piperidine rings is 1. The Morgan fingerprint density at radius 3 is 2.86 bits per heavy atom. The Bertz CT molecular complexity index is 1010. The standard InChI is InChI=1S/C21H23N5O2/c1-14-12-16(20(28)26-11-4-3-6-15(26)2)7-8-17(14)23-19(27)18-13-25-10-5-9-22-21(25)24-18/h5,7-10,12-13,15H,3-4,6,11H2,1-2H3,(H,23,27). The van der Waals surface area contributed by atoms with Gasteiger partial charge < -0.3 is 10.2 Å². The number of nitrogens with one attached hydrogen (secondary N) is 1. The predicted molar refractivity (Wildman–Crippen MR) is 106 cm³/mol. The Kier molecular flexibility index (Phi) is 4.81. The summed E-state index contributed by atoms with van der Waals surface area (Å²) in [6, 6.07) is 7.44. The molecule has 1 fully saturated rings. The molecule has 1 N–H and O–H groups in total. The van der Waals surface area contributed by atoms with Gasteiger partial charge in [0.2, 0.25) is 5.78 Å². The second-order valence-electron chi connectivity index (χ2n) is 7.28. The van der Waals surface area contributed by atoms with Gasteiger partial charge in [-0.15, -0.1) is 0 Å². The lowest BCUT2D eigenvalue weighted by molar-refractivity contribution is 0.0635. The van der Waals surface area contributed by atoms with Crippen molar-refractivity contribution in [2.75, 3.05) is 11.9 Å². The molecule has 1 saturated heterocycles. The van der Waals surface area contributed by atoms with E-state index < -0.39 is 0 Å². The Labute approximate surface area is 163 Å². The van der Waals surface area contributed by atoms with E-state index >= 15 is 0 Å². The number of aryl methyl sites for hydroxylation is 1. The zero-order valence-electron chi connectivity index (χ0n) is 16.1. The van der Waals surface area contributed by atoms with Gasteiger partial charge in [-0.1, -0.05) is 0 Å². The first kappa shape index (κ1) is 18.2. The van der Waals surface area contributed by atoms with E-state index in [0.29, 0.717) is 22.7 Å². The molecule has 1 unspecified atom stereocenters. The van der Waals surface area contributed by atoms with Crippen molar-refractivity contribution < 1.29 is 9.59 Å². The average molecular weight is 377 g/mol. The van der Waals surface area contributed by atoms with Crippen LogP contribution >= 0.6 is 0 Å². The minimum Gasteiger partial charge on any atom is -0.336 e. The molecule has 2 aromatic heterocycles. The number of aromatic nitrogens is 3. The number of rotatable bonds is 3. The van der Waals surface area contributed by atoms with E-state index in [1.807, 2.05) is 17.9 Å². The van der Waals surface area contributed by atoms with Gasteiger partial charge in [-0.05, 0) is 62.9 Å². The minimum absolute atomic E-state index is 0.0552. The third kappa shape index (κ3) is 3.47. The first-order valence-electron chi connectivity index (χ1n) is 9.55. The highest BCUT2D eigenvalue weighted by Gasteiger charge is 2.24. The summed E-state index contributed by atoms with van der Waals surface area (Å²) in [5, 5.41) is 2.87. The number of nitrogens with zero attached hydrogens (tertiary/aromatic N) is 4. The number of carbonyl (C=O) groups excluding carboxylic acids is 2. The molecule has 1 atom stereocenters. The highest BCUT2D eigenvalue weighted by atomic mass is 16.2. The highest BCUT2D eigenvalue weighted by Crippen LogP contribution is 2.22. The molecule has 1 aliphatic rings. The highest BCUT2D eigenvalue weighted by molar-refractivity contribution is 6.04. The fourth-order valence-corrected chi connectivity index (χ4v) is 3.63. The molecule has 0 radical (unpaired) electrons. The summed E-state index contributed by atoms with van der Waals surface area (Å²) in [5.41, 5.74) is 2.45. The fourth-order valence-electron chi connectivity index (χ4n) is 3.63. The summed E-state index contributed by atoms with van der Waals surface area (Å²) >= 11 is 0. The maximum absolute atomic E-state index is 12.8. The van der Waals surface area contributed by atoms with Crippen molar-refractivity contribution in [1.82, 2.24) is 19.3 Å². The monoisotopic (exact) mass is 377 g/mol. The number of hydrogen-bond donors (Lipinski definition) is 1. The number of anilines is 1. The Morgan fingerprint density at radius 1 is 1.25 bits per heavy atom. The molecule has 7 nitrogen and oxygen atoms in total. The van der Waals surface area contributed by atoms with Crippen LogP contribution in [0.2, 0.25) is 0 Å². The van der Waals surface area contributed by atoms with E-state index in [9.17, 15) is 9.59 Å². The number of benzene rings is 1. The van der Waals surface area contributed by atoms with E-state index in [1.54, 1.807) is 41.2 Å². The lowest BCUT2D eigenvalue weighted by atomic mass is 10.0. The van der Waals surface area contributed by atoms with Crippen molar-refractivity contribution in [2.45, 2.75) is 39.2 Å². The van der Waals surface area contributed by atoms with E-state index in [1.165, 1.54) is 6.42 Å². The largest absolute Gasteiger partial charge is 0.336 e. The van der Waals surface area contributed by atoms with Crippen LogP contribution in [0.15, 0.2) is 42.9 Å². The fraction of sp³-hybridized carbons (Fsp3) is 0.333. The minimum atomic E-state index is -0.308. The quantitative estimate of drug-likeness (QED) is 0.759. The van der Waals surface area contributed by atoms with Crippen LogP contribution < -0.4 is 5.32 Å². The Hall–Kier alpha value is -3.22. The van der Waals surface area contributed by atoms with Crippen molar-refractivity contribution >= 4 is 23.3 Å². The molecule has 0 aliphatic carbocycles. The summed E-state index contributed by atoms with van der Waals surface area (Å²) in [4.78, 5) is 35.7. The smallest absolute Gasteiger partial charge is 0.275 e. The molecular formula is C21H23N5O2. The SMILES string of the molecule is Cc1cc(C(=O)N2CCCCC2C)ccc1NC(=O)c1cn2cccnc2n1. The molecule has 7 heteroatoms. The molecular weight excluding hydrogens is 354 g/mol. The first-order chi connectivity index (χ1) is 13.5. The first-order valence-corrected chi connectivity index (χ1v) is 9.55.